The van der Waals surface area contributed by atoms with E-state index in [1.54, 1.807) is 11.3 Å². The standard InChI is InChI=1S/C11H9I2N2S2/c1-13-6-2-3-7-8(4-6)17-11(14-7)10-15-9(12)5-16-10/h2-4,9H,5H2,1H3/q-1/t9-/m0/s1. The van der Waals surface area contributed by atoms with E-state index in [9.17, 15) is 0 Å². The predicted molar refractivity (Wildman–Crippen MR) is 81.0 cm³/mol. The second kappa shape index (κ2) is 5.30. The van der Waals surface area contributed by atoms with Gasteiger partial charge in [0.05, 0.1) is 0 Å². The van der Waals surface area contributed by atoms with Crippen LogP contribution < -0.4 is 21.2 Å². The van der Waals surface area contributed by atoms with Gasteiger partial charge in [0, 0.05) is 0 Å². The van der Waals surface area contributed by atoms with Gasteiger partial charge in [-0.25, -0.2) is 0 Å². The average molecular weight is 487 g/mol. The third-order valence-electron chi connectivity index (χ3n) is 2.37. The van der Waals surface area contributed by atoms with E-state index >= 15 is 0 Å². The number of hydrogen-bond donors (Lipinski definition) is 0. The van der Waals surface area contributed by atoms with Crippen molar-refractivity contribution in [1.29, 1.82) is 0 Å². The van der Waals surface area contributed by atoms with E-state index in [4.69, 9.17) is 0 Å². The molecule has 3 rings (SSSR count). The zero-order valence-corrected chi connectivity index (χ0v) is 14.9. The van der Waals surface area contributed by atoms with E-state index in [1.165, 1.54) is 8.27 Å². The molecule has 0 saturated heterocycles. The molecule has 2 aromatic rings. The first-order chi connectivity index (χ1) is 8.26. The average Bonchev–Trinajstić information content (AvgIpc) is 2.93. The number of aliphatic imine (C=N–C) groups is 1. The molecule has 0 radical (unpaired) electrons. The first-order valence-corrected chi connectivity index (χ1v) is 11.3. The van der Waals surface area contributed by atoms with E-state index < -0.39 is 0 Å². The van der Waals surface area contributed by atoms with Crippen molar-refractivity contribution in [2.45, 2.75) is 4.05 Å². The molecule has 90 valence electrons. The maximum atomic E-state index is 4.68. The van der Waals surface area contributed by atoms with Crippen LogP contribution in [-0.2, 0) is 0 Å². The van der Waals surface area contributed by atoms with Gasteiger partial charge < -0.3 is 0 Å². The van der Waals surface area contributed by atoms with Crippen LogP contribution in [0.15, 0.2) is 23.2 Å². The zero-order valence-electron chi connectivity index (χ0n) is 8.98. The molecular weight excluding hydrogens is 478 g/mol. The molecule has 0 N–H and O–H groups in total. The molecular formula is C11H9I2N2S2-. The fourth-order valence-corrected chi connectivity index (χ4v) is 5.89. The molecule has 0 amide bonds. The number of hydrogen-bond acceptors (Lipinski definition) is 4. The monoisotopic (exact) mass is 487 g/mol. The van der Waals surface area contributed by atoms with Crippen LogP contribution >= 0.6 is 45.7 Å². The van der Waals surface area contributed by atoms with Crippen LogP contribution in [0.5, 0.6) is 0 Å². The van der Waals surface area contributed by atoms with Crippen LogP contribution in [0.25, 0.3) is 10.2 Å². The van der Waals surface area contributed by atoms with Crippen molar-refractivity contribution in [3.05, 3.63) is 26.8 Å². The first kappa shape index (κ1) is 12.6. The zero-order chi connectivity index (χ0) is 11.8. The number of fused-ring (bicyclic) bond motifs is 1. The quantitative estimate of drug-likeness (QED) is 0.349. The Labute approximate surface area is 132 Å². The minimum atomic E-state index is 0.168. The molecule has 1 aliphatic heterocycles. The summed E-state index contributed by atoms with van der Waals surface area (Å²) in [7, 11) is 0. The molecule has 0 fully saturated rings. The predicted octanol–water partition coefficient (Wildman–Crippen LogP) is 0.439. The number of nitrogens with zero attached hydrogens (tertiary/aromatic N) is 2. The number of aromatic nitrogens is 1. The summed E-state index contributed by atoms with van der Waals surface area (Å²) in [6.07, 6.45) is 0. The van der Waals surface area contributed by atoms with Gasteiger partial charge >= 0.3 is 134 Å². The van der Waals surface area contributed by atoms with Crippen LogP contribution in [0.2, 0.25) is 0 Å². The Kier molecular flexibility index (Phi) is 3.93. The third-order valence-corrected chi connectivity index (χ3v) is 7.81. The third kappa shape index (κ3) is 2.64. The molecule has 6 heteroatoms. The van der Waals surface area contributed by atoms with Crippen LogP contribution in [0.4, 0.5) is 0 Å². The second-order valence-electron chi connectivity index (χ2n) is 3.50. The Hall–Kier alpha value is 0.590. The summed E-state index contributed by atoms with van der Waals surface area (Å²) < 4.78 is 3.20. The van der Waals surface area contributed by atoms with Gasteiger partial charge in [0.25, 0.3) is 0 Å². The molecule has 1 atom stereocenters. The van der Waals surface area contributed by atoms with Crippen LogP contribution in [0.1, 0.15) is 5.01 Å². The van der Waals surface area contributed by atoms with Gasteiger partial charge in [-0.15, -0.1) is 0 Å². The summed E-state index contributed by atoms with van der Waals surface area (Å²) >= 11 is 6.15. The van der Waals surface area contributed by atoms with Gasteiger partial charge in [-0.1, -0.05) is 0 Å². The molecule has 1 aromatic heterocycles. The summed E-state index contributed by atoms with van der Waals surface area (Å²) in [6.45, 7) is 0. The SMILES string of the molecule is C[I-]c1ccc2nc(C3=N[C@H](I)CS3)sc2c1. The number of halogens is 2. The van der Waals surface area contributed by atoms with E-state index in [0.717, 1.165) is 21.3 Å². The van der Waals surface area contributed by atoms with Gasteiger partial charge in [-0.3, -0.25) is 0 Å². The Bertz CT molecular complexity index is 594. The summed E-state index contributed by atoms with van der Waals surface area (Å²) in [5.41, 5.74) is 1.12. The Morgan fingerprint density at radius 2 is 2.35 bits per heavy atom. The van der Waals surface area contributed by atoms with Gasteiger partial charge in [-0.05, 0) is 0 Å². The van der Waals surface area contributed by atoms with Gasteiger partial charge in [0.15, 0.2) is 0 Å². The number of alkyl halides is 2. The van der Waals surface area contributed by atoms with Crippen molar-refractivity contribution in [2.75, 3.05) is 10.7 Å². The van der Waals surface area contributed by atoms with Crippen LogP contribution in [-0.4, -0.2) is 24.8 Å². The molecule has 0 aliphatic carbocycles. The first-order valence-electron chi connectivity index (χ1n) is 5.01. The Morgan fingerprint density at radius 1 is 1.47 bits per heavy atom. The van der Waals surface area contributed by atoms with Crippen LogP contribution in [0.3, 0.4) is 0 Å². The fourth-order valence-electron chi connectivity index (χ4n) is 1.57. The van der Waals surface area contributed by atoms with E-state index in [-0.39, 0.29) is 21.2 Å². The molecule has 17 heavy (non-hydrogen) atoms. The Morgan fingerprint density at radius 3 is 3.06 bits per heavy atom. The van der Waals surface area contributed by atoms with E-state index in [1.807, 2.05) is 11.8 Å². The van der Waals surface area contributed by atoms with Crippen molar-refractivity contribution in [1.82, 2.24) is 4.98 Å². The molecule has 2 heterocycles. The van der Waals surface area contributed by atoms with Crippen molar-refractivity contribution in [3.8, 4) is 0 Å². The van der Waals surface area contributed by atoms with Gasteiger partial charge in [-0.2, -0.15) is 0 Å². The van der Waals surface area contributed by atoms with Crippen LogP contribution in [0, 0.1) is 3.57 Å². The molecule has 1 aromatic carbocycles. The van der Waals surface area contributed by atoms with Crippen molar-refractivity contribution >= 4 is 60.9 Å². The van der Waals surface area contributed by atoms with Crippen molar-refractivity contribution in [3.63, 3.8) is 0 Å². The number of benzene rings is 1. The fraction of sp³-hybridized carbons (Fsp3) is 0.273. The summed E-state index contributed by atoms with van der Waals surface area (Å²) in [6, 6.07) is 6.66. The maximum absolute atomic E-state index is 4.68. The summed E-state index contributed by atoms with van der Waals surface area (Å²) in [4.78, 5) is 11.6. The summed E-state index contributed by atoms with van der Waals surface area (Å²) in [5.74, 6) is 1.08. The van der Waals surface area contributed by atoms with E-state index in [0.29, 0.717) is 4.05 Å². The van der Waals surface area contributed by atoms with Gasteiger partial charge in [0.1, 0.15) is 0 Å². The molecule has 1 aliphatic rings. The second-order valence-corrected chi connectivity index (χ2v) is 9.30. The minimum absolute atomic E-state index is 0.168. The number of rotatable bonds is 2. The molecule has 2 nitrogen and oxygen atoms in total. The molecule has 0 saturated carbocycles. The molecule has 0 unspecified atom stereocenters. The molecule has 0 bridgehead atoms. The number of thioether (sulfide) groups is 1. The molecule has 0 spiro atoms. The van der Waals surface area contributed by atoms with Crippen molar-refractivity contribution < 1.29 is 21.2 Å². The normalized spacial score (nSPS) is 20.1. The van der Waals surface area contributed by atoms with Crippen molar-refractivity contribution in [2.24, 2.45) is 4.99 Å². The Balaban J connectivity index is 2.04. The summed E-state index contributed by atoms with van der Waals surface area (Å²) in [5, 5.41) is 2.22. The topological polar surface area (TPSA) is 25.2 Å². The number of thiazole rings is 1. The van der Waals surface area contributed by atoms with E-state index in [2.05, 4.69) is 55.7 Å². The van der Waals surface area contributed by atoms with Gasteiger partial charge in [0.2, 0.25) is 0 Å².